The van der Waals surface area contributed by atoms with Crippen molar-refractivity contribution in [3.8, 4) is 0 Å². The second-order valence-corrected chi connectivity index (χ2v) is 6.44. The van der Waals surface area contributed by atoms with Gasteiger partial charge in [-0.15, -0.1) is 11.3 Å². The standard InChI is InChI=1S/C12H19BrN2S/c1-15-5-3-2-4-9(7-14)12(15)11-6-10(13)8-16-11/h6,8-9,12H,2-5,7,14H2,1H3. The molecule has 1 saturated heterocycles. The Hall–Kier alpha value is 0.1000. The van der Waals surface area contributed by atoms with Crippen molar-refractivity contribution >= 4 is 27.3 Å². The first-order valence-electron chi connectivity index (χ1n) is 5.86. The summed E-state index contributed by atoms with van der Waals surface area (Å²) in [7, 11) is 2.23. The molecule has 0 radical (unpaired) electrons. The van der Waals surface area contributed by atoms with Gasteiger partial charge in [0.05, 0.1) is 0 Å². The van der Waals surface area contributed by atoms with Crippen LogP contribution in [0.15, 0.2) is 15.9 Å². The average molecular weight is 303 g/mol. The van der Waals surface area contributed by atoms with Gasteiger partial charge in [-0.2, -0.15) is 0 Å². The molecule has 0 aromatic carbocycles. The first kappa shape index (κ1) is 12.6. The maximum absolute atomic E-state index is 5.94. The van der Waals surface area contributed by atoms with Gasteiger partial charge in [-0.1, -0.05) is 6.42 Å². The van der Waals surface area contributed by atoms with Crippen LogP contribution in [0.3, 0.4) is 0 Å². The van der Waals surface area contributed by atoms with Crippen molar-refractivity contribution in [1.29, 1.82) is 0 Å². The number of nitrogens with zero attached hydrogens (tertiary/aromatic N) is 1. The lowest BCUT2D eigenvalue weighted by molar-refractivity contribution is 0.199. The second kappa shape index (κ2) is 5.63. The van der Waals surface area contributed by atoms with Crippen molar-refractivity contribution < 1.29 is 0 Å². The summed E-state index contributed by atoms with van der Waals surface area (Å²) in [4.78, 5) is 3.93. The fourth-order valence-corrected chi connectivity index (χ4v) is 4.31. The third kappa shape index (κ3) is 2.67. The van der Waals surface area contributed by atoms with Crippen molar-refractivity contribution in [3.63, 3.8) is 0 Å². The van der Waals surface area contributed by atoms with Gasteiger partial charge in [-0.05, 0) is 60.9 Å². The molecule has 0 bridgehead atoms. The van der Waals surface area contributed by atoms with Crippen LogP contribution in [0.5, 0.6) is 0 Å². The molecule has 1 aromatic heterocycles. The number of nitrogens with two attached hydrogens (primary N) is 1. The van der Waals surface area contributed by atoms with Crippen LogP contribution < -0.4 is 5.73 Å². The Labute approximate surface area is 110 Å². The van der Waals surface area contributed by atoms with Crippen molar-refractivity contribution in [2.45, 2.75) is 25.3 Å². The molecule has 1 aliphatic rings. The molecule has 16 heavy (non-hydrogen) atoms. The van der Waals surface area contributed by atoms with Crippen LogP contribution in [0.25, 0.3) is 0 Å². The van der Waals surface area contributed by atoms with Gasteiger partial charge in [0.15, 0.2) is 0 Å². The summed E-state index contributed by atoms with van der Waals surface area (Å²) in [6.07, 6.45) is 3.88. The van der Waals surface area contributed by atoms with Crippen LogP contribution in [-0.2, 0) is 0 Å². The summed E-state index contributed by atoms with van der Waals surface area (Å²) in [5, 5.41) is 2.17. The highest BCUT2D eigenvalue weighted by atomic mass is 79.9. The fourth-order valence-electron chi connectivity index (χ4n) is 2.60. The summed E-state index contributed by atoms with van der Waals surface area (Å²) >= 11 is 5.38. The Morgan fingerprint density at radius 1 is 1.56 bits per heavy atom. The highest BCUT2D eigenvalue weighted by Crippen LogP contribution is 2.37. The van der Waals surface area contributed by atoms with Gasteiger partial charge in [0.2, 0.25) is 0 Å². The summed E-state index contributed by atoms with van der Waals surface area (Å²) in [5.74, 6) is 0.609. The van der Waals surface area contributed by atoms with E-state index in [1.165, 1.54) is 35.2 Å². The maximum Gasteiger partial charge on any atom is 0.0479 e. The predicted molar refractivity (Wildman–Crippen MR) is 73.8 cm³/mol. The Kier molecular flexibility index (Phi) is 4.41. The van der Waals surface area contributed by atoms with Crippen molar-refractivity contribution in [1.82, 2.24) is 4.90 Å². The van der Waals surface area contributed by atoms with Crippen LogP contribution >= 0.6 is 27.3 Å². The minimum Gasteiger partial charge on any atom is -0.330 e. The molecule has 4 heteroatoms. The van der Waals surface area contributed by atoms with Crippen LogP contribution in [0.2, 0.25) is 0 Å². The van der Waals surface area contributed by atoms with Crippen LogP contribution in [0.4, 0.5) is 0 Å². The van der Waals surface area contributed by atoms with Gasteiger partial charge in [-0.3, -0.25) is 4.90 Å². The highest BCUT2D eigenvalue weighted by Gasteiger charge is 2.28. The molecule has 2 heterocycles. The van der Waals surface area contributed by atoms with E-state index < -0.39 is 0 Å². The van der Waals surface area contributed by atoms with E-state index in [1.54, 1.807) is 0 Å². The number of thiophene rings is 1. The lowest BCUT2D eigenvalue weighted by atomic mass is 9.94. The monoisotopic (exact) mass is 302 g/mol. The van der Waals surface area contributed by atoms with E-state index in [9.17, 15) is 0 Å². The Bertz CT molecular complexity index is 340. The van der Waals surface area contributed by atoms with E-state index >= 15 is 0 Å². The molecule has 1 aromatic rings. The molecule has 1 aliphatic heterocycles. The van der Waals surface area contributed by atoms with Gasteiger partial charge >= 0.3 is 0 Å². The van der Waals surface area contributed by atoms with Crippen molar-refractivity contribution in [2.75, 3.05) is 20.1 Å². The molecule has 0 saturated carbocycles. The van der Waals surface area contributed by atoms with Gasteiger partial charge in [0.1, 0.15) is 0 Å². The number of rotatable bonds is 2. The molecule has 0 aliphatic carbocycles. The lowest BCUT2D eigenvalue weighted by Crippen LogP contribution is -2.32. The average Bonchev–Trinajstić information content (AvgIpc) is 2.59. The minimum atomic E-state index is 0.517. The number of hydrogen-bond donors (Lipinski definition) is 1. The first-order valence-corrected chi connectivity index (χ1v) is 7.54. The molecule has 0 spiro atoms. The largest absolute Gasteiger partial charge is 0.330 e. The maximum atomic E-state index is 5.94. The Balaban J connectivity index is 2.25. The summed E-state index contributed by atoms with van der Waals surface area (Å²) in [5.41, 5.74) is 5.94. The SMILES string of the molecule is CN1CCCCC(CN)C1c1cc(Br)cs1. The zero-order valence-electron chi connectivity index (χ0n) is 9.66. The zero-order chi connectivity index (χ0) is 11.5. The summed E-state index contributed by atoms with van der Waals surface area (Å²) in [6.45, 7) is 1.99. The molecule has 2 atom stereocenters. The summed E-state index contributed by atoms with van der Waals surface area (Å²) < 4.78 is 1.20. The zero-order valence-corrected chi connectivity index (χ0v) is 12.1. The molecular formula is C12H19BrN2S. The van der Waals surface area contributed by atoms with Gasteiger partial charge in [-0.25, -0.2) is 0 Å². The predicted octanol–water partition coefficient (Wildman–Crippen LogP) is 3.24. The molecule has 2 nitrogen and oxygen atoms in total. The molecule has 1 fully saturated rings. The Morgan fingerprint density at radius 2 is 2.38 bits per heavy atom. The molecule has 90 valence electrons. The van der Waals surface area contributed by atoms with E-state index in [0.717, 1.165) is 6.54 Å². The molecule has 2 unspecified atom stereocenters. The molecule has 0 amide bonds. The van der Waals surface area contributed by atoms with Crippen LogP contribution in [0.1, 0.15) is 30.2 Å². The normalized spacial score (nSPS) is 27.9. The molecular weight excluding hydrogens is 284 g/mol. The first-order chi connectivity index (χ1) is 7.72. The van der Waals surface area contributed by atoms with E-state index in [0.29, 0.717) is 12.0 Å². The van der Waals surface area contributed by atoms with Gasteiger partial charge < -0.3 is 5.73 Å². The second-order valence-electron chi connectivity index (χ2n) is 4.58. The summed E-state index contributed by atoms with van der Waals surface area (Å²) in [6, 6.07) is 2.77. The van der Waals surface area contributed by atoms with Gasteiger partial charge in [0, 0.05) is 20.8 Å². The van der Waals surface area contributed by atoms with Crippen molar-refractivity contribution in [2.24, 2.45) is 11.7 Å². The lowest BCUT2D eigenvalue weighted by Gasteiger charge is -2.30. The van der Waals surface area contributed by atoms with E-state index in [-0.39, 0.29) is 0 Å². The number of halogens is 1. The smallest absolute Gasteiger partial charge is 0.0479 e. The minimum absolute atomic E-state index is 0.517. The highest BCUT2D eigenvalue weighted by molar-refractivity contribution is 9.10. The topological polar surface area (TPSA) is 29.3 Å². The molecule has 2 rings (SSSR count). The van der Waals surface area contributed by atoms with Crippen molar-refractivity contribution in [3.05, 3.63) is 20.8 Å². The van der Waals surface area contributed by atoms with E-state index in [1.807, 2.05) is 11.3 Å². The third-order valence-electron chi connectivity index (χ3n) is 3.44. The van der Waals surface area contributed by atoms with Crippen LogP contribution in [0, 0.1) is 5.92 Å². The van der Waals surface area contributed by atoms with E-state index in [4.69, 9.17) is 5.73 Å². The van der Waals surface area contributed by atoms with E-state index in [2.05, 4.69) is 39.3 Å². The molecule has 2 N–H and O–H groups in total. The fraction of sp³-hybridized carbons (Fsp3) is 0.667. The number of likely N-dealkylation sites (tertiary alicyclic amines) is 1. The van der Waals surface area contributed by atoms with Crippen LogP contribution in [-0.4, -0.2) is 25.0 Å². The number of hydrogen-bond acceptors (Lipinski definition) is 3. The quantitative estimate of drug-likeness (QED) is 0.909. The Morgan fingerprint density at radius 3 is 3.00 bits per heavy atom. The third-order valence-corrected chi connectivity index (χ3v) is 5.20. The van der Waals surface area contributed by atoms with Gasteiger partial charge in [0.25, 0.3) is 0 Å².